The van der Waals surface area contributed by atoms with Crippen molar-refractivity contribution in [2.75, 3.05) is 13.1 Å². The number of carbonyl (C=O) groups excluding carboxylic acids is 2. The van der Waals surface area contributed by atoms with Crippen molar-refractivity contribution in [3.8, 4) is 5.75 Å². The fourth-order valence-corrected chi connectivity index (χ4v) is 4.77. The highest BCUT2D eigenvalue weighted by atomic mass is 32.2. The van der Waals surface area contributed by atoms with Crippen LogP contribution in [0.25, 0.3) is 0 Å². The van der Waals surface area contributed by atoms with Gasteiger partial charge in [0.1, 0.15) is 17.8 Å². The molecule has 174 valence electrons. The van der Waals surface area contributed by atoms with Gasteiger partial charge in [-0.3, -0.25) is 9.59 Å². The van der Waals surface area contributed by atoms with E-state index in [0.29, 0.717) is 22.5 Å². The number of benzene rings is 1. The van der Waals surface area contributed by atoms with Crippen molar-refractivity contribution in [2.45, 2.75) is 62.5 Å². The van der Waals surface area contributed by atoms with Crippen molar-refractivity contribution in [1.29, 1.82) is 0 Å². The van der Waals surface area contributed by atoms with E-state index in [4.69, 9.17) is 10.5 Å². The molecule has 1 aromatic rings. The number of hydrogen-bond acceptors (Lipinski definition) is 5. The SMILES string of the molecule is C=C(/C=C\C(C=O)=C/C)Oc1ccc(SC(CCCCC2(C)CCNCC2)C(N)=O)cc1. The molecule has 3 N–H and O–H groups in total. The van der Waals surface area contributed by atoms with Gasteiger partial charge in [-0.1, -0.05) is 32.4 Å². The van der Waals surface area contributed by atoms with Gasteiger partial charge in [0.25, 0.3) is 0 Å². The lowest BCUT2D eigenvalue weighted by Crippen LogP contribution is -2.34. The molecule has 0 bridgehead atoms. The van der Waals surface area contributed by atoms with E-state index >= 15 is 0 Å². The zero-order valence-corrected chi connectivity index (χ0v) is 20.1. The van der Waals surface area contributed by atoms with E-state index < -0.39 is 0 Å². The van der Waals surface area contributed by atoms with Crippen molar-refractivity contribution in [3.05, 3.63) is 60.4 Å². The van der Waals surface area contributed by atoms with E-state index in [0.717, 1.165) is 43.5 Å². The molecule has 1 aliphatic rings. The number of primary amides is 1. The van der Waals surface area contributed by atoms with Gasteiger partial charge in [-0.2, -0.15) is 0 Å². The fraction of sp³-hybridized carbons (Fsp3) is 0.462. The molecular formula is C26H36N2O3S. The Hall–Kier alpha value is -2.31. The molecule has 0 aromatic heterocycles. The Bertz CT molecular complexity index is 824. The van der Waals surface area contributed by atoms with Gasteiger partial charge in [0.15, 0.2) is 0 Å². The number of nitrogens with two attached hydrogens (primary N) is 1. The maximum Gasteiger partial charge on any atom is 0.230 e. The topological polar surface area (TPSA) is 81.4 Å². The van der Waals surface area contributed by atoms with E-state index in [1.807, 2.05) is 24.3 Å². The van der Waals surface area contributed by atoms with Crippen LogP contribution in [0.3, 0.4) is 0 Å². The maximum atomic E-state index is 12.0. The van der Waals surface area contributed by atoms with Crippen LogP contribution in [0.4, 0.5) is 0 Å². The Balaban J connectivity index is 1.81. The second-order valence-corrected chi connectivity index (χ2v) is 9.87. The molecule has 2 rings (SSSR count). The maximum absolute atomic E-state index is 12.0. The van der Waals surface area contributed by atoms with Crippen LogP contribution >= 0.6 is 11.8 Å². The van der Waals surface area contributed by atoms with Crippen LogP contribution in [0, 0.1) is 5.41 Å². The highest BCUT2D eigenvalue weighted by molar-refractivity contribution is 8.00. The van der Waals surface area contributed by atoms with Crippen molar-refractivity contribution >= 4 is 24.0 Å². The molecule has 1 aliphatic heterocycles. The molecule has 1 aromatic carbocycles. The minimum absolute atomic E-state index is 0.233. The van der Waals surface area contributed by atoms with Crippen LogP contribution in [0.15, 0.2) is 65.3 Å². The number of piperidine rings is 1. The number of carbonyl (C=O) groups is 2. The summed E-state index contributed by atoms with van der Waals surface area (Å²) in [7, 11) is 0. The highest BCUT2D eigenvalue weighted by Crippen LogP contribution is 2.35. The van der Waals surface area contributed by atoms with E-state index in [1.54, 1.807) is 25.2 Å². The average molecular weight is 457 g/mol. The third kappa shape index (κ3) is 9.05. The summed E-state index contributed by atoms with van der Waals surface area (Å²) in [6, 6.07) is 7.53. The summed E-state index contributed by atoms with van der Waals surface area (Å²) in [6.07, 6.45) is 12.4. The largest absolute Gasteiger partial charge is 0.458 e. The molecule has 1 saturated heterocycles. The number of hydrogen-bond donors (Lipinski definition) is 2. The van der Waals surface area contributed by atoms with Crippen LogP contribution in [0.2, 0.25) is 0 Å². The standard InChI is InChI=1S/C26H36N2O3S/c1-4-21(19-29)9-8-20(2)31-22-10-12-23(13-11-22)32-24(25(27)30)7-5-6-14-26(3)15-17-28-18-16-26/h4,8-13,19,24,28H,2,5-7,14-18H2,1,3H3,(H2,27,30)/b9-8-,21-4+. The van der Waals surface area contributed by atoms with Gasteiger partial charge in [0.05, 0.1) is 5.25 Å². The number of thioether (sulfide) groups is 1. The molecular weight excluding hydrogens is 420 g/mol. The molecule has 0 aliphatic carbocycles. The first-order valence-corrected chi connectivity index (χ1v) is 12.2. The third-order valence-electron chi connectivity index (χ3n) is 5.91. The van der Waals surface area contributed by atoms with Crippen LogP contribution in [0.1, 0.15) is 52.4 Å². The predicted octanol–water partition coefficient (Wildman–Crippen LogP) is 5.18. The van der Waals surface area contributed by atoms with Crippen LogP contribution < -0.4 is 15.8 Å². The Kier molecular flexibility index (Phi) is 10.8. The molecule has 6 heteroatoms. The Morgan fingerprint density at radius 3 is 2.53 bits per heavy atom. The van der Waals surface area contributed by atoms with Crippen LogP contribution in [-0.4, -0.2) is 30.5 Å². The van der Waals surface area contributed by atoms with Crippen molar-refractivity contribution in [1.82, 2.24) is 5.32 Å². The molecule has 1 fully saturated rings. The molecule has 1 unspecified atom stereocenters. The number of aldehydes is 1. The lowest BCUT2D eigenvalue weighted by atomic mass is 9.77. The lowest BCUT2D eigenvalue weighted by molar-refractivity contribution is -0.117. The average Bonchev–Trinajstić information content (AvgIpc) is 2.78. The molecule has 32 heavy (non-hydrogen) atoms. The highest BCUT2D eigenvalue weighted by Gasteiger charge is 2.26. The van der Waals surface area contributed by atoms with Crippen LogP contribution in [0.5, 0.6) is 5.75 Å². The molecule has 1 amide bonds. The summed E-state index contributed by atoms with van der Waals surface area (Å²) < 4.78 is 5.68. The number of unbranched alkanes of at least 4 members (excludes halogenated alkanes) is 1. The normalized spacial score (nSPS) is 17.1. The number of nitrogens with one attached hydrogen (secondary N) is 1. The molecule has 1 atom stereocenters. The first-order valence-electron chi connectivity index (χ1n) is 11.3. The summed E-state index contributed by atoms with van der Waals surface area (Å²) >= 11 is 1.51. The second kappa shape index (κ2) is 13.3. The Labute approximate surface area is 196 Å². The van der Waals surface area contributed by atoms with E-state index in [1.165, 1.54) is 31.0 Å². The Morgan fingerprint density at radius 2 is 1.94 bits per heavy atom. The zero-order chi connectivity index (χ0) is 23.4. The van der Waals surface area contributed by atoms with E-state index in [2.05, 4.69) is 18.8 Å². The minimum atomic E-state index is -0.267. The lowest BCUT2D eigenvalue weighted by Gasteiger charge is -2.34. The van der Waals surface area contributed by atoms with Crippen molar-refractivity contribution < 1.29 is 14.3 Å². The third-order valence-corrected chi connectivity index (χ3v) is 7.20. The predicted molar refractivity (Wildman–Crippen MR) is 133 cm³/mol. The summed E-state index contributed by atoms with van der Waals surface area (Å²) in [5.41, 5.74) is 6.66. The van der Waals surface area contributed by atoms with Crippen LogP contribution in [-0.2, 0) is 9.59 Å². The second-order valence-electron chi connectivity index (χ2n) is 8.59. The number of ether oxygens (including phenoxy) is 1. The van der Waals surface area contributed by atoms with Crippen molar-refractivity contribution in [2.24, 2.45) is 11.1 Å². The summed E-state index contributed by atoms with van der Waals surface area (Å²) in [5, 5.41) is 3.19. The van der Waals surface area contributed by atoms with Gasteiger partial charge >= 0.3 is 0 Å². The molecule has 0 spiro atoms. The quantitative estimate of drug-likeness (QED) is 0.107. The van der Waals surface area contributed by atoms with Gasteiger partial charge in [-0.25, -0.2) is 0 Å². The smallest absolute Gasteiger partial charge is 0.230 e. The summed E-state index contributed by atoms with van der Waals surface area (Å²) in [4.78, 5) is 23.8. The fourth-order valence-electron chi connectivity index (χ4n) is 3.75. The number of rotatable bonds is 13. The first kappa shape index (κ1) is 25.9. The number of allylic oxidation sites excluding steroid dienone is 4. The van der Waals surface area contributed by atoms with E-state index in [-0.39, 0.29) is 11.2 Å². The van der Waals surface area contributed by atoms with Gasteiger partial charge in [0, 0.05) is 10.5 Å². The minimum Gasteiger partial charge on any atom is -0.458 e. The number of amides is 1. The van der Waals surface area contributed by atoms with Gasteiger partial charge in [-0.15, -0.1) is 11.8 Å². The van der Waals surface area contributed by atoms with Crippen molar-refractivity contribution in [3.63, 3.8) is 0 Å². The molecule has 1 heterocycles. The van der Waals surface area contributed by atoms with Gasteiger partial charge in [-0.05, 0) is 87.5 Å². The zero-order valence-electron chi connectivity index (χ0n) is 19.3. The molecule has 0 radical (unpaired) electrons. The first-order chi connectivity index (χ1) is 15.3. The molecule has 5 nitrogen and oxygen atoms in total. The Morgan fingerprint density at radius 1 is 1.25 bits per heavy atom. The summed E-state index contributed by atoms with van der Waals surface area (Å²) in [5.74, 6) is 0.809. The van der Waals surface area contributed by atoms with Gasteiger partial charge in [0.2, 0.25) is 5.91 Å². The summed E-state index contributed by atoms with van der Waals surface area (Å²) in [6.45, 7) is 10.2. The molecule has 0 saturated carbocycles. The monoisotopic (exact) mass is 456 g/mol. The van der Waals surface area contributed by atoms with Gasteiger partial charge < -0.3 is 15.8 Å². The van der Waals surface area contributed by atoms with E-state index in [9.17, 15) is 9.59 Å².